The number of carbonyl (C=O) groups is 2. The van der Waals surface area contributed by atoms with Crippen molar-refractivity contribution in [1.29, 1.82) is 0 Å². The molecule has 50 heavy (non-hydrogen) atoms. The number of benzene rings is 1. The third-order valence-electron chi connectivity index (χ3n) is 16.0. The summed E-state index contributed by atoms with van der Waals surface area (Å²) in [5.41, 5.74) is 4.64. The molecular formula is C44H66N2O4. The van der Waals surface area contributed by atoms with Gasteiger partial charge in [0.2, 0.25) is 0 Å². The summed E-state index contributed by atoms with van der Waals surface area (Å²) in [5, 5.41) is 13.3. The molecule has 2 N–H and O–H groups in total. The molecule has 9 atom stereocenters. The Morgan fingerprint density at radius 1 is 0.940 bits per heavy atom. The second-order valence-corrected chi connectivity index (χ2v) is 18.5. The van der Waals surface area contributed by atoms with Gasteiger partial charge in [0.25, 0.3) is 0 Å². The molecule has 1 aromatic rings. The van der Waals surface area contributed by atoms with E-state index in [2.05, 4.69) is 66.4 Å². The van der Waals surface area contributed by atoms with Gasteiger partial charge < -0.3 is 20.1 Å². The van der Waals surface area contributed by atoms with E-state index < -0.39 is 5.97 Å². The van der Waals surface area contributed by atoms with Crippen LogP contribution in [0.25, 0.3) is 5.57 Å². The molecule has 4 saturated carbocycles. The van der Waals surface area contributed by atoms with Gasteiger partial charge in [0.1, 0.15) is 0 Å². The van der Waals surface area contributed by atoms with Crippen molar-refractivity contribution in [2.24, 2.45) is 51.2 Å². The van der Waals surface area contributed by atoms with Crippen LogP contribution in [0.2, 0.25) is 0 Å². The largest absolute Gasteiger partial charge is 0.478 e. The predicted molar refractivity (Wildman–Crippen MR) is 203 cm³/mol. The van der Waals surface area contributed by atoms with Crippen molar-refractivity contribution in [3.8, 4) is 0 Å². The molecule has 0 radical (unpaired) electrons. The van der Waals surface area contributed by atoms with E-state index in [1.54, 1.807) is 19.2 Å². The SMILES string of the molecule is C=C(C)C1CCC2(NC(=O)N(CCC)CCCOC)CCC3(C)C(CCC4C5(C)CC=C(c6ccc(C(=O)O)cc6)C(C)(C)C5CCC43C)C12. The normalized spacial score (nSPS) is 38.5. The summed E-state index contributed by atoms with van der Waals surface area (Å²) in [6, 6.07) is 7.69. The van der Waals surface area contributed by atoms with Crippen LogP contribution in [0.5, 0.6) is 0 Å². The molecule has 6 heteroatoms. The van der Waals surface area contributed by atoms with Crippen LogP contribution >= 0.6 is 0 Å². The Hall–Kier alpha value is -2.60. The maximum atomic E-state index is 14.1. The topological polar surface area (TPSA) is 78.9 Å². The Labute approximate surface area is 302 Å². The van der Waals surface area contributed by atoms with E-state index in [4.69, 9.17) is 4.74 Å². The fraction of sp³-hybridized carbons (Fsp3) is 0.727. The maximum absolute atomic E-state index is 14.1. The molecule has 5 aliphatic carbocycles. The van der Waals surface area contributed by atoms with Gasteiger partial charge >= 0.3 is 12.0 Å². The molecule has 9 unspecified atom stereocenters. The highest BCUT2D eigenvalue weighted by Gasteiger charge is 2.70. The highest BCUT2D eigenvalue weighted by molar-refractivity contribution is 5.88. The van der Waals surface area contributed by atoms with Crippen LogP contribution in [0.4, 0.5) is 4.79 Å². The molecule has 6 nitrogen and oxygen atoms in total. The summed E-state index contributed by atoms with van der Waals surface area (Å²) in [4.78, 5) is 27.7. The molecule has 5 aliphatic rings. The number of nitrogens with zero attached hydrogens (tertiary/aromatic N) is 1. The number of rotatable bonds is 10. The number of amides is 2. The first-order valence-electron chi connectivity index (χ1n) is 19.9. The maximum Gasteiger partial charge on any atom is 0.335 e. The average Bonchev–Trinajstić information content (AvgIpc) is 3.44. The van der Waals surface area contributed by atoms with E-state index in [1.807, 2.05) is 17.0 Å². The third-order valence-corrected chi connectivity index (χ3v) is 16.0. The number of carbonyl (C=O) groups excluding carboxylic acids is 1. The van der Waals surface area contributed by atoms with Gasteiger partial charge in [-0.3, -0.25) is 0 Å². The first kappa shape index (κ1) is 37.2. The minimum atomic E-state index is -0.873. The summed E-state index contributed by atoms with van der Waals surface area (Å²) in [5.74, 6) is 1.76. The van der Waals surface area contributed by atoms with Gasteiger partial charge in [0, 0.05) is 32.3 Å². The predicted octanol–water partition coefficient (Wildman–Crippen LogP) is 10.2. The zero-order chi connectivity index (χ0) is 36.3. The zero-order valence-corrected chi connectivity index (χ0v) is 32.5. The Kier molecular flexibility index (Phi) is 9.98. The van der Waals surface area contributed by atoms with E-state index >= 15 is 0 Å². The fourth-order valence-electron chi connectivity index (χ4n) is 13.5. The van der Waals surface area contributed by atoms with Crippen LogP contribution in [0, 0.1) is 51.2 Å². The molecule has 0 bridgehead atoms. The van der Waals surface area contributed by atoms with Crippen LogP contribution in [0.3, 0.4) is 0 Å². The van der Waals surface area contributed by atoms with Crippen molar-refractivity contribution in [1.82, 2.24) is 10.2 Å². The highest BCUT2D eigenvalue weighted by Crippen LogP contribution is 2.76. The van der Waals surface area contributed by atoms with Gasteiger partial charge in [-0.15, -0.1) is 0 Å². The number of carboxylic acid groups (broad SMARTS) is 1. The van der Waals surface area contributed by atoms with E-state index in [1.165, 1.54) is 48.8 Å². The minimum Gasteiger partial charge on any atom is -0.478 e. The summed E-state index contributed by atoms with van der Waals surface area (Å²) >= 11 is 0. The van der Waals surface area contributed by atoms with Crippen LogP contribution < -0.4 is 5.32 Å². The van der Waals surface area contributed by atoms with Crippen LogP contribution in [-0.2, 0) is 4.74 Å². The molecule has 0 saturated heterocycles. The summed E-state index contributed by atoms with van der Waals surface area (Å²) < 4.78 is 5.33. The molecule has 6 rings (SSSR count). The van der Waals surface area contributed by atoms with E-state index in [0.717, 1.165) is 51.6 Å². The molecule has 0 heterocycles. The molecule has 276 valence electrons. The summed E-state index contributed by atoms with van der Waals surface area (Å²) in [6.45, 7) is 24.0. The number of fused-ring (bicyclic) bond motifs is 7. The van der Waals surface area contributed by atoms with Crippen LogP contribution in [0.15, 0.2) is 42.5 Å². The number of hydrogen-bond acceptors (Lipinski definition) is 3. The van der Waals surface area contributed by atoms with Crippen molar-refractivity contribution < 1.29 is 19.4 Å². The fourth-order valence-corrected chi connectivity index (χ4v) is 13.5. The molecule has 0 spiro atoms. The number of hydrogen-bond donors (Lipinski definition) is 2. The Morgan fingerprint density at radius 3 is 2.30 bits per heavy atom. The monoisotopic (exact) mass is 687 g/mol. The third kappa shape index (κ3) is 5.69. The minimum absolute atomic E-state index is 0.00700. The lowest BCUT2D eigenvalue weighted by Gasteiger charge is -2.72. The van der Waals surface area contributed by atoms with Gasteiger partial charge in [-0.25, -0.2) is 9.59 Å². The van der Waals surface area contributed by atoms with Crippen LogP contribution in [0.1, 0.15) is 135 Å². The standard InChI is InChI=1S/C44H66N2O4/c1-10-26-46(27-11-28-50-9)39(49)45-44-23-18-32(29(2)3)37(44)34-16-17-36-41(6)21-19-33(30-12-14-31(15-13-30)38(47)48)40(4,5)35(41)20-22-43(36,8)42(34,7)24-25-44/h12-15,19,32,34-37H,2,10-11,16-18,20-28H2,1,3-9H3,(H,45,49)(H,47,48). The number of nitrogens with one attached hydrogen (secondary N) is 1. The molecule has 2 amide bonds. The van der Waals surface area contributed by atoms with Gasteiger partial charge in [-0.1, -0.05) is 71.9 Å². The molecule has 0 aromatic heterocycles. The van der Waals surface area contributed by atoms with Crippen molar-refractivity contribution in [2.75, 3.05) is 26.8 Å². The number of methoxy groups -OCH3 is 1. The second-order valence-electron chi connectivity index (χ2n) is 18.5. The molecule has 1 aromatic carbocycles. The number of carboxylic acids is 1. The lowest BCUT2D eigenvalue weighted by molar-refractivity contribution is -0.218. The first-order valence-corrected chi connectivity index (χ1v) is 19.9. The smallest absolute Gasteiger partial charge is 0.335 e. The first-order chi connectivity index (χ1) is 23.6. The summed E-state index contributed by atoms with van der Waals surface area (Å²) in [7, 11) is 1.73. The Bertz CT molecular complexity index is 1500. The molecular weight excluding hydrogens is 620 g/mol. The molecule has 4 fully saturated rings. The quantitative estimate of drug-likeness (QED) is 0.190. The van der Waals surface area contributed by atoms with Crippen molar-refractivity contribution >= 4 is 17.6 Å². The highest BCUT2D eigenvalue weighted by atomic mass is 16.5. The summed E-state index contributed by atoms with van der Waals surface area (Å²) in [6.07, 6.45) is 14.8. The number of allylic oxidation sites excluding steroid dienone is 3. The second kappa shape index (κ2) is 13.4. The van der Waals surface area contributed by atoms with Gasteiger partial charge in [-0.05, 0) is 152 Å². The van der Waals surface area contributed by atoms with Crippen molar-refractivity contribution in [3.63, 3.8) is 0 Å². The van der Waals surface area contributed by atoms with Crippen LogP contribution in [-0.4, -0.2) is 54.4 Å². The van der Waals surface area contributed by atoms with E-state index in [-0.39, 0.29) is 33.2 Å². The van der Waals surface area contributed by atoms with Crippen molar-refractivity contribution in [3.05, 3.63) is 53.6 Å². The van der Waals surface area contributed by atoms with Crippen molar-refractivity contribution in [2.45, 2.75) is 125 Å². The Morgan fingerprint density at radius 2 is 1.66 bits per heavy atom. The Balaban J connectivity index is 1.30. The number of urea groups is 1. The number of aromatic carboxylic acids is 1. The van der Waals surface area contributed by atoms with Gasteiger partial charge in [0.05, 0.1) is 5.56 Å². The lowest BCUT2D eigenvalue weighted by Crippen LogP contribution is -2.68. The van der Waals surface area contributed by atoms with Gasteiger partial charge in [-0.2, -0.15) is 0 Å². The van der Waals surface area contributed by atoms with E-state index in [9.17, 15) is 14.7 Å². The molecule has 0 aliphatic heterocycles. The number of ether oxygens (including phenoxy) is 1. The zero-order valence-electron chi connectivity index (χ0n) is 32.5. The lowest BCUT2D eigenvalue weighted by atomic mass is 9.33. The van der Waals surface area contributed by atoms with Gasteiger partial charge in [0.15, 0.2) is 0 Å². The average molecular weight is 687 g/mol. The van der Waals surface area contributed by atoms with E-state index in [0.29, 0.717) is 41.8 Å².